The van der Waals surface area contributed by atoms with E-state index in [-0.39, 0.29) is 11.6 Å². The lowest BCUT2D eigenvalue weighted by atomic mass is 10.2. The van der Waals surface area contributed by atoms with E-state index in [4.69, 9.17) is 9.47 Å². The van der Waals surface area contributed by atoms with Crippen LogP contribution >= 0.6 is 0 Å². The van der Waals surface area contributed by atoms with Crippen LogP contribution in [0.3, 0.4) is 0 Å². The fourth-order valence-electron chi connectivity index (χ4n) is 1.55. The highest BCUT2D eigenvalue weighted by Gasteiger charge is 2.10. The number of hydrogen-bond acceptors (Lipinski definition) is 6. The summed E-state index contributed by atoms with van der Waals surface area (Å²) in [5.41, 5.74) is 1.18. The molecule has 0 atom stereocenters. The van der Waals surface area contributed by atoms with Crippen molar-refractivity contribution in [3.63, 3.8) is 0 Å². The number of nitrogens with zero attached hydrogens (tertiary/aromatic N) is 2. The van der Waals surface area contributed by atoms with Crippen LogP contribution in [0.5, 0.6) is 17.4 Å². The number of benzene rings is 1. The van der Waals surface area contributed by atoms with Gasteiger partial charge in [-0.05, 0) is 24.6 Å². The zero-order valence-electron chi connectivity index (χ0n) is 11.4. The van der Waals surface area contributed by atoms with E-state index in [0.717, 1.165) is 5.56 Å². The maximum Gasteiger partial charge on any atom is 0.358 e. The summed E-state index contributed by atoms with van der Waals surface area (Å²) in [6, 6.07) is 5.53. The second-order valence-electron chi connectivity index (χ2n) is 3.99. The van der Waals surface area contributed by atoms with Crippen molar-refractivity contribution in [2.24, 2.45) is 0 Å². The maximum absolute atomic E-state index is 11.2. The van der Waals surface area contributed by atoms with E-state index in [0.29, 0.717) is 11.5 Å². The molecule has 0 radical (unpaired) electrons. The van der Waals surface area contributed by atoms with Crippen LogP contribution in [0.15, 0.2) is 30.6 Å². The minimum absolute atomic E-state index is 0.121. The van der Waals surface area contributed by atoms with Gasteiger partial charge in [-0.2, -0.15) is 0 Å². The molecular weight excluding hydrogens is 260 g/mol. The van der Waals surface area contributed by atoms with Crippen LogP contribution in [0, 0.1) is 6.92 Å². The Balaban J connectivity index is 2.20. The number of rotatable bonds is 4. The van der Waals surface area contributed by atoms with Crippen molar-refractivity contribution in [1.29, 1.82) is 0 Å². The number of hydrogen-bond donors (Lipinski definition) is 0. The Labute approximate surface area is 116 Å². The van der Waals surface area contributed by atoms with Crippen molar-refractivity contribution < 1.29 is 19.0 Å². The minimum Gasteiger partial charge on any atom is -0.493 e. The van der Waals surface area contributed by atoms with Gasteiger partial charge in [0.25, 0.3) is 0 Å². The number of methoxy groups -OCH3 is 2. The monoisotopic (exact) mass is 274 g/mol. The summed E-state index contributed by atoms with van der Waals surface area (Å²) < 4.78 is 15.3. The molecule has 0 spiro atoms. The molecule has 0 aliphatic carbocycles. The zero-order valence-corrected chi connectivity index (χ0v) is 11.4. The van der Waals surface area contributed by atoms with Crippen molar-refractivity contribution in [1.82, 2.24) is 9.97 Å². The zero-order chi connectivity index (χ0) is 14.5. The molecule has 6 nitrogen and oxygen atoms in total. The van der Waals surface area contributed by atoms with E-state index >= 15 is 0 Å². The van der Waals surface area contributed by atoms with E-state index < -0.39 is 5.97 Å². The number of ether oxygens (including phenoxy) is 3. The fraction of sp³-hybridized carbons (Fsp3) is 0.214. The van der Waals surface area contributed by atoms with Crippen LogP contribution in [-0.4, -0.2) is 30.2 Å². The Bertz CT molecular complexity index is 611. The van der Waals surface area contributed by atoms with Gasteiger partial charge in [-0.3, -0.25) is 0 Å². The summed E-state index contributed by atoms with van der Waals surface area (Å²) in [7, 11) is 2.85. The molecule has 0 fully saturated rings. The molecule has 0 N–H and O–H groups in total. The van der Waals surface area contributed by atoms with Crippen LogP contribution < -0.4 is 9.47 Å². The second-order valence-corrected chi connectivity index (χ2v) is 3.99. The van der Waals surface area contributed by atoms with Crippen LogP contribution in [0.25, 0.3) is 0 Å². The van der Waals surface area contributed by atoms with E-state index in [2.05, 4.69) is 14.7 Å². The molecule has 1 aromatic heterocycles. The Morgan fingerprint density at radius 1 is 1.10 bits per heavy atom. The van der Waals surface area contributed by atoms with Gasteiger partial charge in [-0.15, -0.1) is 0 Å². The summed E-state index contributed by atoms with van der Waals surface area (Å²) in [5, 5.41) is 0. The van der Waals surface area contributed by atoms with Crippen molar-refractivity contribution >= 4 is 5.97 Å². The first-order chi connectivity index (χ1) is 9.63. The largest absolute Gasteiger partial charge is 0.493 e. The number of carbonyl (C=O) groups excluding carboxylic acids is 1. The van der Waals surface area contributed by atoms with Gasteiger partial charge >= 0.3 is 5.97 Å². The van der Waals surface area contributed by atoms with Crippen molar-refractivity contribution in [2.75, 3.05) is 14.2 Å². The SMILES string of the molecule is COC(=O)c1cnc(Oc2ccc(C)cc2OC)cn1. The molecule has 0 saturated carbocycles. The van der Waals surface area contributed by atoms with Gasteiger partial charge in [0.15, 0.2) is 17.2 Å². The Kier molecular flexibility index (Phi) is 4.14. The normalized spacial score (nSPS) is 9.95. The first kappa shape index (κ1) is 13.8. The molecular formula is C14H14N2O4. The van der Waals surface area contributed by atoms with Crippen LogP contribution in [-0.2, 0) is 4.74 Å². The molecule has 1 aromatic carbocycles. The first-order valence-corrected chi connectivity index (χ1v) is 5.87. The van der Waals surface area contributed by atoms with Crippen LogP contribution in [0.4, 0.5) is 0 Å². The van der Waals surface area contributed by atoms with Gasteiger partial charge in [0.2, 0.25) is 5.88 Å². The van der Waals surface area contributed by atoms with Gasteiger partial charge in [0.1, 0.15) is 0 Å². The molecule has 0 saturated heterocycles. The smallest absolute Gasteiger partial charge is 0.358 e. The molecule has 0 aliphatic rings. The lowest BCUT2D eigenvalue weighted by Crippen LogP contribution is -2.05. The summed E-state index contributed by atoms with van der Waals surface area (Å²) in [6.07, 6.45) is 2.65. The van der Waals surface area contributed by atoms with Gasteiger partial charge in [-0.1, -0.05) is 6.07 Å². The lowest BCUT2D eigenvalue weighted by molar-refractivity contribution is 0.0593. The molecule has 2 rings (SSSR count). The van der Waals surface area contributed by atoms with Crippen molar-refractivity contribution in [3.8, 4) is 17.4 Å². The van der Waals surface area contributed by atoms with Gasteiger partial charge in [0.05, 0.1) is 26.6 Å². The summed E-state index contributed by atoms with van der Waals surface area (Å²) >= 11 is 0. The van der Waals surface area contributed by atoms with E-state index in [1.807, 2.05) is 19.1 Å². The Hall–Kier alpha value is -2.63. The van der Waals surface area contributed by atoms with Gasteiger partial charge < -0.3 is 14.2 Å². The third kappa shape index (κ3) is 3.03. The number of esters is 1. The average Bonchev–Trinajstić information content (AvgIpc) is 2.49. The summed E-state index contributed by atoms with van der Waals surface area (Å²) in [5.74, 6) is 0.846. The van der Waals surface area contributed by atoms with Crippen LogP contribution in [0.1, 0.15) is 16.1 Å². The van der Waals surface area contributed by atoms with Crippen molar-refractivity contribution in [2.45, 2.75) is 6.92 Å². The standard InChI is InChI=1S/C14H14N2O4/c1-9-4-5-11(12(6-9)18-2)20-13-8-15-10(7-16-13)14(17)19-3/h4-8H,1-3H3. The maximum atomic E-state index is 11.2. The first-order valence-electron chi connectivity index (χ1n) is 5.87. The number of aromatic nitrogens is 2. The average molecular weight is 274 g/mol. The predicted molar refractivity (Wildman–Crippen MR) is 71.2 cm³/mol. The summed E-state index contributed by atoms with van der Waals surface area (Å²) in [4.78, 5) is 19.2. The quantitative estimate of drug-likeness (QED) is 0.797. The molecule has 0 unspecified atom stereocenters. The fourth-order valence-corrected chi connectivity index (χ4v) is 1.55. The highest BCUT2D eigenvalue weighted by molar-refractivity contribution is 5.86. The highest BCUT2D eigenvalue weighted by atomic mass is 16.5. The number of aryl methyl sites for hydroxylation is 1. The van der Waals surface area contributed by atoms with Crippen LogP contribution in [0.2, 0.25) is 0 Å². The second kappa shape index (κ2) is 6.01. The molecule has 2 aromatic rings. The van der Waals surface area contributed by atoms with Crippen molar-refractivity contribution in [3.05, 3.63) is 41.9 Å². The molecule has 0 aliphatic heterocycles. The third-order valence-electron chi connectivity index (χ3n) is 2.56. The lowest BCUT2D eigenvalue weighted by Gasteiger charge is -2.10. The van der Waals surface area contributed by atoms with E-state index in [9.17, 15) is 4.79 Å². The molecule has 1 heterocycles. The molecule has 0 amide bonds. The van der Waals surface area contributed by atoms with E-state index in [1.165, 1.54) is 19.5 Å². The topological polar surface area (TPSA) is 70.5 Å². The highest BCUT2D eigenvalue weighted by Crippen LogP contribution is 2.31. The van der Waals surface area contributed by atoms with Gasteiger partial charge in [-0.25, -0.2) is 14.8 Å². The minimum atomic E-state index is -0.544. The predicted octanol–water partition coefficient (Wildman–Crippen LogP) is 2.37. The number of carbonyl (C=O) groups is 1. The molecule has 20 heavy (non-hydrogen) atoms. The molecule has 104 valence electrons. The Morgan fingerprint density at radius 2 is 1.90 bits per heavy atom. The van der Waals surface area contributed by atoms with E-state index in [1.54, 1.807) is 13.2 Å². The molecule has 0 bridgehead atoms. The van der Waals surface area contributed by atoms with Gasteiger partial charge in [0, 0.05) is 0 Å². The Morgan fingerprint density at radius 3 is 2.50 bits per heavy atom. The summed E-state index contributed by atoms with van der Waals surface area (Å²) in [6.45, 7) is 1.96. The third-order valence-corrected chi connectivity index (χ3v) is 2.56. The molecule has 6 heteroatoms.